The first-order valence-electron chi connectivity index (χ1n) is 6.49. The van der Waals surface area contributed by atoms with E-state index >= 15 is 0 Å². The quantitative estimate of drug-likeness (QED) is 0.680. The van der Waals surface area contributed by atoms with Gasteiger partial charge in [0.15, 0.2) is 0 Å². The van der Waals surface area contributed by atoms with Gasteiger partial charge in [0.05, 0.1) is 0 Å². The number of hydrogen-bond acceptors (Lipinski definition) is 3. The van der Waals surface area contributed by atoms with Crippen molar-refractivity contribution >= 4 is 32.1 Å². The zero-order chi connectivity index (χ0) is 12.1. The van der Waals surface area contributed by atoms with Crippen molar-refractivity contribution in [3.63, 3.8) is 0 Å². The highest BCUT2D eigenvalue weighted by atomic mass is 32.1. The molecule has 3 heteroatoms. The third kappa shape index (κ3) is 3.30. The normalized spacial score (nSPS) is 13.3. The number of rotatable bonds is 7. The molecule has 0 bridgehead atoms. The van der Waals surface area contributed by atoms with Gasteiger partial charge < -0.3 is 5.32 Å². The molecule has 2 aromatic heterocycles. The zero-order valence-corrected chi connectivity index (χ0v) is 12.3. The summed E-state index contributed by atoms with van der Waals surface area (Å²) in [5.74, 6) is 0. The van der Waals surface area contributed by atoms with Gasteiger partial charge in [-0.25, -0.2) is 0 Å². The van der Waals surface area contributed by atoms with Gasteiger partial charge in [-0.1, -0.05) is 32.6 Å². The molecule has 17 heavy (non-hydrogen) atoms. The molecule has 0 saturated heterocycles. The van der Waals surface area contributed by atoms with Crippen molar-refractivity contribution in [1.29, 1.82) is 0 Å². The van der Waals surface area contributed by atoms with E-state index in [2.05, 4.69) is 36.8 Å². The maximum Gasteiger partial charge on any atom is 0.0454 e. The molecule has 0 saturated carbocycles. The Morgan fingerprint density at radius 2 is 2.12 bits per heavy atom. The molecule has 0 aliphatic rings. The van der Waals surface area contributed by atoms with Crippen LogP contribution in [0.2, 0.25) is 0 Å². The maximum atomic E-state index is 3.46. The zero-order valence-electron chi connectivity index (χ0n) is 10.7. The first-order chi connectivity index (χ1) is 8.35. The van der Waals surface area contributed by atoms with Crippen LogP contribution in [0.15, 0.2) is 17.5 Å². The van der Waals surface area contributed by atoms with E-state index in [1.54, 1.807) is 0 Å². The lowest BCUT2D eigenvalue weighted by atomic mass is 10.1. The fourth-order valence-corrected chi connectivity index (χ4v) is 4.42. The smallest absolute Gasteiger partial charge is 0.0454 e. The van der Waals surface area contributed by atoms with E-state index < -0.39 is 0 Å². The van der Waals surface area contributed by atoms with Crippen molar-refractivity contribution in [2.45, 2.75) is 45.1 Å². The molecular formula is C14H21NS2. The number of thiophene rings is 2. The summed E-state index contributed by atoms with van der Waals surface area (Å²) in [6.07, 6.45) is 6.67. The number of fused-ring (bicyclic) bond motifs is 1. The van der Waals surface area contributed by atoms with Crippen LogP contribution in [0.5, 0.6) is 0 Å². The van der Waals surface area contributed by atoms with Gasteiger partial charge in [-0.3, -0.25) is 0 Å². The molecular weight excluding hydrogens is 246 g/mol. The summed E-state index contributed by atoms with van der Waals surface area (Å²) in [4.78, 5) is 1.51. The highest BCUT2D eigenvalue weighted by Gasteiger charge is 2.12. The Hall–Kier alpha value is -0.380. The van der Waals surface area contributed by atoms with Gasteiger partial charge in [0.25, 0.3) is 0 Å². The van der Waals surface area contributed by atoms with Crippen LogP contribution in [-0.4, -0.2) is 7.05 Å². The second kappa shape index (κ2) is 6.53. The molecule has 0 aliphatic carbocycles. The summed E-state index contributed by atoms with van der Waals surface area (Å²) in [5, 5.41) is 5.64. The Labute approximate surface area is 112 Å². The van der Waals surface area contributed by atoms with Crippen LogP contribution < -0.4 is 5.32 Å². The van der Waals surface area contributed by atoms with Gasteiger partial charge in [0.1, 0.15) is 0 Å². The molecule has 94 valence electrons. The lowest BCUT2D eigenvalue weighted by Gasteiger charge is -2.13. The Kier molecular flexibility index (Phi) is 5.01. The summed E-state index contributed by atoms with van der Waals surface area (Å²) in [7, 11) is 2.08. The Morgan fingerprint density at radius 1 is 1.24 bits per heavy atom. The second-order valence-corrected chi connectivity index (χ2v) is 6.55. The van der Waals surface area contributed by atoms with Gasteiger partial charge in [-0.05, 0) is 31.0 Å². The van der Waals surface area contributed by atoms with E-state index in [4.69, 9.17) is 0 Å². The summed E-state index contributed by atoms with van der Waals surface area (Å²) in [5.41, 5.74) is 0. The lowest BCUT2D eigenvalue weighted by Crippen LogP contribution is -2.14. The lowest BCUT2D eigenvalue weighted by molar-refractivity contribution is 0.511. The highest BCUT2D eigenvalue weighted by Crippen LogP contribution is 2.34. The van der Waals surface area contributed by atoms with Gasteiger partial charge in [0.2, 0.25) is 0 Å². The average molecular weight is 267 g/mol. The van der Waals surface area contributed by atoms with Crippen molar-refractivity contribution in [2.75, 3.05) is 7.05 Å². The van der Waals surface area contributed by atoms with Crippen molar-refractivity contribution in [3.8, 4) is 0 Å². The molecule has 2 heterocycles. The molecule has 0 aromatic carbocycles. The van der Waals surface area contributed by atoms with Crippen LogP contribution in [0.3, 0.4) is 0 Å². The molecule has 0 amide bonds. The topological polar surface area (TPSA) is 12.0 Å². The van der Waals surface area contributed by atoms with E-state index in [0.717, 1.165) is 0 Å². The Balaban J connectivity index is 1.95. The van der Waals surface area contributed by atoms with Crippen LogP contribution in [-0.2, 0) is 0 Å². The van der Waals surface area contributed by atoms with E-state index in [0.29, 0.717) is 6.04 Å². The van der Waals surface area contributed by atoms with Crippen LogP contribution in [0.4, 0.5) is 0 Å². The maximum absolute atomic E-state index is 3.46. The minimum atomic E-state index is 0.552. The van der Waals surface area contributed by atoms with E-state index in [-0.39, 0.29) is 0 Å². The van der Waals surface area contributed by atoms with E-state index in [9.17, 15) is 0 Å². The molecule has 2 aromatic rings. The third-order valence-electron chi connectivity index (χ3n) is 3.20. The van der Waals surface area contributed by atoms with Crippen molar-refractivity contribution in [1.82, 2.24) is 5.32 Å². The monoisotopic (exact) mass is 267 g/mol. The summed E-state index contributed by atoms with van der Waals surface area (Å²) >= 11 is 3.80. The van der Waals surface area contributed by atoms with Gasteiger partial charge in [-0.2, -0.15) is 0 Å². The van der Waals surface area contributed by atoms with Gasteiger partial charge in [-0.15, -0.1) is 22.7 Å². The summed E-state index contributed by atoms with van der Waals surface area (Å²) in [6, 6.07) is 5.15. The van der Waals surface area contributed by atoms with Crippen molar-refractivity contribution in [3.05, 3.63) is 22.4 Å². The van der Waals surface area contributed by atoms with Gasteiger partial charge in [0, 0.05) is 20.3 Å². The van der Waals surface area contributed by atoms with E-state index in [1.165, 1.54) is 46.4 Å². The van der Waals surface area contributed by atoms with Crippen molar-refractivity contribution < 1.29 is 0 Å². The second-order valence-electron chi connectivity index (χ2n) is 4.49. The summed E-state index contributed by atoms with van der Waals surface area (Å²) < 4.78 is 2.89. The average Bonchev–Trinajstić information content (AvgIpc) is 2.89. The third-order valence-corrected chi connectivity index (χ3v) is 5.40. The highest BCUT2D eigenvalue weighted by molar-refractivity contribution is 7.26. The predicted octanol–water partition coefficient (Wildman–Crippen LogP) is 5.19. The number of unbranched alkanes of at least 4 members (excludes halogenated alkanes) is 3. The van der Waals surface area contributed by atoms with Crippen LogP contribution >= 0.6 is 22.7 Å². The first kappa shape index (κ1) is 13.1. The fraction of sp³-hybridized carbons (Fsp3) is 0.571. The van der Waals surface area contributed by atoms with Crippen LogP contribution in [0, 0.1) is 0 Å². The first-order valence-corrected chi connectivity index (χ1v) is 8.19. The van der Waals surface area contributed by atoms with Crippen molar-refractivity contribution in [2.24, 2.45) is 0 Å². The van der Waals surface area contributed by atoms with Crippen LogP contribution in [0.25, 0.3) is 9.40 Å². The van der Waals surface area contributed by atoms with E-state index in [1.807, 2.05) is 22.7 Å². The van der Waals surface area contributed by atoms with Gasteiger partial charge >= 0.3 is 0 Å². The molecule has 0 radical (unpaired) electrons. The van der Waals surface area contributed by atoms with Crippen LogP contribution in [0.1, 0.15) is 49.9 Å². The fourth-order valence-electron chi connectivity index (χ4n) is 2.16. The number of nitrogens with one attached hydrogen (secondary N) is 1. The minimum Gasteiger partial charge on any atom is -0.312 e. The molecule has 1 unspecified atom stereocenters. The molecule has 1 atom stereocenters. The molecule has 0 aliphatic heterocycles. The predicted molar refractivity (Wildman–Crippen MR) is 80.3 cm³/mol. The Morgan fingerprint density at radius 3 is 2.82 bits per heavy atom. The Bertz CT molecular complexity index is 415. The molecule has 1 nitrogen and oxygen atoms in total. The minimum absolute atomic E-state index is 0.552. The summed E-state index contributed by atoms with van der Waals surface area (Å²) in [6.45, 7) is 2.27. The largest absolute Gasteiger partial charge is 0.312 e. The number of hydrogen-bond donors (Lipinski definition) is 1. The molecule has 2 rings (SSSR count). The molecule has 0 spiro atoms. The molecule has 0 fully saturated rings. The SMILES string of the molecule is CCCCCCC(NC)c1cc2sccc2s1. The molecule has 1 N–H and O–H groups in total. The standard InChI is InChI=1S/C14H21NS2/c1-3-4-5-6-7-11(15-2)13-10-14-12(17-13)8-9-16-14/h8-11,15H,3-7H2,1-2H3.